The molecule has 0 saturated carbocycles. The number of β-amino-alcohol motifs (C(OH)–C–C–N with tert-alkyl or cyclic N) is 1. The van der Waals surface area contributed by atoms with Gasteiger partial charge in [0.25, 0.3) is 5.56 Å². The van der Waals surface area contributed by atoms with Gasteiger partial charge in [-0.3, -0.25) is 23.6 Å². The van der Waals surface area contributed by atoms with E-state index in [-0.39, 0.29) is 31.4 Å². The summed E-state index contributed by atoms with van der Waals surface area (Å²) in [5, 5.41) is 14.0. The molecule has 1 aromatic heterocycles. The number of amides is 1. The Bertz CT molecular complexity index is 1050. The summed E-state index contributed by atoms with van der Waals surface area (Å²) in [5.74, 6) is 0.320. The lowest BCUT2D eigenvalue weighted by molar-refractivity contribution is -0.120. The van der Waals surface area contributed by atoms with Gasteiger partial charge in [-0.2, -0.15) is 0 Å². The van der Waals surface area contributed by atoms with Crippen LogP contribution in [-0.2, 0) is 18.9 Å². The van der Waals surface area contributed by atoms with Gasteiger partial charge in [0.15, 0.2) is 0 Å². The molecule has 10 heteroatoms. The van der Waals surface area contributed by atoms with Crippen molar-refractivity contribution in [3.63, 3.8) is 0 Å². The molecule has 1 atom stereocenters. The number of aromatic nitrogens is 2. The van der Waals surface area contributed by atoms with Gasteiger partial charge in [0.1, 0.15) is 23.8 Å². The van der Waals surface area contributed by atoms with Crippen LogP contribution < -0.4 is 21.3 Å². The fourth-order valence-corrected chi connectivity index (χ4v) is 3.65. The molecule has 1 amide bonds. The van der Waals surface area contributed by atoms with Crippen molar-refractivity contribution in [1.29, 1.82) is 0 Å². The third-order valence-corrected chi connectivity index (χ3v) is 5.33. The normalized spacial score (nSPS) is 19.5. The highest BCUT2D eigenvalue weighted by Gasteiger charge is 2.34. The van der Waals surface area contributed by atoms with Gasteiger partial charge < -0.3 is 15.2 Å². The van der Waals surface area contributed by atoms with Gasteiger partial charge in [-0.05, 0) is 37.6 Å². The fourth-order valence-electron chi connectivity index (χ4n) is 3.47. The maximum Gasteiger partial charge on any atom is 0.332 e. The molecule has 3 rings (SSSR count). The first-order chi connectivity index (χ1) is 14.2. The number of rotatable bonds is 6. The number of anilines is 1. The Morgan fingerprint density at radius 2 is 2.03 bits per heavy atom. The summed E-state index contributed by atoms with van der Waals surface area (Å²) in [6.07, 6.45) is 1.25. The minimum atomic E-state index is -1.10. The van der Waals surface area contributed by atoms with Crippen molar-refractivity contribution in [2.45, 2.75) is 18.4 Å². The Hall–Kier alpha value is -2.62. The van der Waals surface area contributed by atoms with Crippen LogP contribution in [0.2, 0.25) is 5.02 Å². The first-order valence-electron chi connectivity index (χ1n) is 9.57. The Labute approximate surface area is 178 Å². The number of halogens is 1. The van der Waals surface area contributed by atoms with Crippen LogP contribution in [0.4, 0.5) is 5.82 Å². The number of piperidine rings is 1. The predicted octanol–water partition coefficient (Wildman–Crippen LogP) is 0.582. The molecule has 1 aliphatic heterocycles. The molecule has 2 aromatic rings. The van der Waals surface area contributed by atoms with Crippen molar-refractivity contribution in [3.8, 4) is 5.75 Å². The van der Waals surface area contributed by atoms with Crippen LogP contribution in [0.3, 0.4) is 0 Å². The zero-order valence-corrected chi connectivity index (χ0v) is 17.7. The molecule has 2 heterocycles. The van der Waals surface area contributed by atoms with E-state index >= 15 is 0 Å². The number of nitrogens with zero attached hydrogens (tertiary/aromatic N) is 3. The summed E-state index contributed by atoms with van der Waals surface area (Å²) >= 11 is 5.95. The third kappa shape index (κ3) is 5.29. The van der Waals surface area contributed by atoms with E-state index in [0.717, 1.165) is 4.57 Å². The van der Waals surface area contributed by atoms with Crippen LogP contribution >= 0.6 is 11.6 Å². The van der Waals surface area contributed by atoms with Crippen LogP contribution in [0.25, 0.3) is 0 Å². The molecule has 0 radical (unpaired) electrons. The molecular formula is C20H25ClN4O5. The molecule has 0 spiro atoms. The number of carbonyl (C=O) groups excluding carboxylic acids is 1. The molecular weight excluding hydrogens is 412 g/mol. The van der Waals surface area contributed by atoms with Crippen molar-refractivity contribution in [2.75, 3.05) is 31.6 Å². The average Bonchev–Trinajstić information content (AvgIpc) is 2.69. The Morgan fingerprint density at radius 1 is 1.27 bits per heavy atom. The Balaban J connectivity index is 1.60. The molecule has 1 aromatic carbocycles. The van der Waals surface area contributed by atoms with E-state index in [1.54, 1.807) is 24.3 Å². The smallest absolute Gasteiger partial charge is 0.332 e. The van der Waals surface area contributed by atoms with E-state index in [2.05, 4.69) is 5.32 Å². The van der Waals surface area contributed by atoms with Gasteiger partial charge in [-0.25, -0.2) is 4.79 Å². The highest BCUT2D eigenvalue weighted by molar-refractivity contribution is 6.30. The molecule has 2 N–H and O–H groups in total. The van der Waals surface area contributed by atoms with Gasteiger partial charge in [0, 0.05) is 31.7 Å². The monoisotopic (exact) mass is 436 g/mol. The molecule has 1 fully saturated rings. The second kappa shape index (κ2) is 9.03. The number of ether oxygens (including phenoxy) is 1. The van der Waals surface area contributed by atoms with Crippen LogP contribution in [0.15, 0.2) is 39.9 Å². The Morgan fingerprint density at radius 3 is 2.77 bits per heavy atom. The lowest BCUT2D eigenvalue weighted by atomic mass is 9.93. The zero-order chi connectivity index (χ0) is 21.9. The summed E-state index contributed by atoms with van der Waals surface area (Å²) in [6, 6.07) is 8.14. The summed E-state index contributed by atoms with van der Waals surface area (Å²) in [5.41, 5.74) is -2.13. The number of hydrogen-bond donors (Lipinski definition) is 2. The van der Waals surface area contributed by atoms with Crippen LogP contribution in [0.1, 0.15) is 12.8 Å². The highest BCUT2D eigenvalue weighted by atomic mass is 35.5. The van der Waals surface area contributed by atoms with E-state index in [4.69, 9.17) is 16.3 Å². The van der Waals surface area contributed by atoms with E-state index in [9.17, 15) is 19.5 Å². The molecule has 1 saturated heterocycles. The molecule has 0 aliphatic carbocycles. The number of hydrogen-bond acceptors (Lipinski definition) is 6. The average molecular weight is 437 g/mol. The third-order valence-electron chi connectivity index (χ3n) is 5.10. The van der Waals surface area contributed by atoms with Crippen LogP contribution in [0.5, 0.6) is 5.75 Å². The van der Waals surface area contributed by atoms with Gasteiger partial charge in [-0.15, -0.1) is 0 Å². The molecule has 1 aliphatic rings. The van der Waals surface area contributed by atoms with Crippen LogP contribution in [-0.4, -0.2) is 56.9 Å². The van der Waals surface area contributed by atoms with Crippen molar-refractivity contribution in [1.82, 2.24) is 14.0 Å². The van der Waals surface area contributed by atoms with E-state index in [0.29, 0.717) is 30.2 Å². The van der Waals surface area contributed by atoms with Gasteiger partial charge >= 0.3 is 5.69 Å². The van der Waals surface area contributed by atoms with Crippen molar-refractivity contribution in [2.24, 2.45) is 14.1 Å². The first-order valence-corrected chi connectivity index (χ1v) is 9.95. The van der Waals surface area contributed by atoms with Crippen molar-refractivity contribution in [3.05, 3.63) is 56.2 Å². The quantitative estimate of drug-likeness (QED) is 0.686. The first kappa shape index (κ1) is 22.1. The molecule has 162 valence electrons. The molecule has 30 heavy (non-hydrogen) atoms. The van der Waals surface area contributed by atoms with Gasteiger partial charge in [0.05, 0.1) is 6.54 Å². The summed E-state index contributed by atoms with van der Waals surface area (Å²) in [7, 11) is 2.85. The van der Waals surface area contributed by atoms with Crippen molar-refractivity contribution < 1.29 is 14.6 Å². The number of benzene rings is 1. The predicted molar refractivity (Wildman–Crippen MR) is 113 cm³/mol. The minimum Gasteiger partial charge on any atom is -0.490 e. The minimum absolute atomic E-state index is 0.0167. The van der Waals surface area contributed by atoms with Crippen molar-refractivity contribution >= 4 is 23.3 Å². The summed E-state index contributed by atoms with van der Waals surface area (Å²) in [4.78, 5) is 38.1. The number of nitrogens with one attached hydrogen (secondary N) is 1. The lowest BCUT2D eigenvalue weighted by Crippen LogP contribution is -2.53. The molecule has 9 nitrogen and oxygen atoms in total. The maximum atomic E-state index is 12.5. The highest BCUT2D eigenvalue weighted by Crippen LogP contribution is 2.24. The van der Waals surface area contributed by atoms with E-state index < -0.39 is 16.9 Å². The second-order valence-electron chi connectivity index (χ2n) is 7.60. The lowest BCUT2D eigenvalue weighted by Gasteiger charge is -2.38. The summed E-state index contributed by atoms with van der Waals surface area (Å²) in [6.45, 7) is 0.996. The molecule has 0 bridgehead atoms. The fraction of sp³-hybridized carbons (Fsp3) is 0.450. The Kier molecular flexibility index (Phi) is 6.64. The van der Waals surface area contributed by atoms with Gasteiger partial charge in [0.2, 0.25) is 5.91 Å². The number of aliphatic hydroxyl groups is 1. The second-order valence-corrected chi connectivity index (χ2v) is 8.04. The number of carbonyl (C=O) groups is 1. The topological polar surface area (TPSA) is 106 Å². The SMILES string of the molecule is Cn1c(NC(=O)CN2CCCC(O)(COc3cccc(Cl)c3)C2)cc(=O)n(C)c1=O. The van der Waals surface area contributed by atoms with Crippen LogP contribution in [0, 0.1) is 0 Å². The largest absolute Gasteiger partial charge is 0.490 e. The van der Waals surface area contributed by atoms with E-state index in [1.807, 2.05) is 4.90 Å². The summed E-state index contributed by atoms with van der Waals surface area (Å²) < 4.78 is 7.85. The van der Waals surface area contributed by atoms with Gasteiger partial charge in [-0.1, -0.05) is 17.7 Å². The standard InChI is InChI=1S/C20H25ClN4O5/c1-23-16(10-18(27)24(2)19(23)28)22-17(26)11-25-8-4-7-20(29,12-25)13-30-15-6-3-5-14(21)9-15/h3,5-6,9-10,29H,4,7-8,11-13H2,1-2H3,(H,22,26). The zero-order valence-electron chi connectivity index (χ0n) is 16.9. The number of likely N-dealkylation sites (tertiary alicyclic amines) is 1. The maximum absolute atomic E-state index is 12.5. The van der Waals surface area contributed by atoms with E-state index in [1.165, 1.54) is 24.7 Å². The molecule has 1 unspecified atom stereocenters.